The molecule has 0 unspecified atom stereocenters. The number of hydrogen-bond acceptors (Lipinski definition) is 3. The molecule has 1 fully saturated rings. The summed E-state index contributed by atoms with van der Waals surface area (Å²) in [5.74, 6) is 2.84. The second-order valence-electron chi connectivity index (χ2n) is 3.75. The summed E-state index contributed by atoms with van der Waals surface area (Å²) in [6, 6.07) is 5.74. The third-order valence-electron chi connectivity index (χ3n) is 2.45. The highest BCUT2D eigenvalue weighted by Gasteiger charge is 2.20. The van der Waals surface area contributed by atoms with Crippen LogP contribution in [0.4, 0.5) is 0 Å². The van der Waals surface area contributed by atoms with Crippen LogP contribution >= 0.6 is 23.4 Å². The molecule has 1 heterocycles. The minimum Gasteiger partial charge on any atom is -0.487 e. The van der Waals surface area contributed by atoms with Crippen LogP contribution in [0.15, 0.2) is 18.2 Å². The van der Waals surface area contributed by atoms with E-state index in [1.54, 1.807) is 0 Å². The van der Waals surface area contributed by atoms with Crippen LogP contribution in [-0.2, 0) is 11.2 Å². The first kappa shape index (κ1) is 11.8. The second-order valence-corrected chi connectivity index (χ2v) is 5.23. The molecular formula is C12H13ClO2S. The maximum atomic E-state index is 10.3. The maximum Gasteiger partial charge on any atom is 0.138 e. The van der Waals surface area contributed by atoms with E-state index in [-0.39, 0.29) is 0 Å². The Labute approximate surface area is 104 Å². The molecule has 16 heavy (non-hydrogen) atoms. The molecule has 1 saturated heterocycles. The molecule has 4 heteroatoms. The number of rotatable bonds is 5. The topological polar surface area (TPSA) is 26.3 Å². The Hall–Kier alpha value is -0.670. The zero-order chi connectivity index (χ0) is 11.4. The monoisotopic (exact) mass is 256 g/mol. The molecule has 1 aliphatic heterocycles. The van der Waals surface area contributed by atoms with E-state index >= 15 is 0 Å². The maximum absolute atomic E-state index is 10.3. The predicted octanol–water partition coefficient (Wildman–Crippen LogP) is 2.97. The van der Waals surface area contributed by atoms with Crippen molar-refractivity contribution in [3.05, 3.63) is 28.8 Å². The Bertz CT molecular complexity index is 377. The second kappa shape index (κ2) is 5.60. The first-order valence-corrected chi connectivity index (χ1v) is 6.79. The minimum atomic E-state index is 0.309. The molecule has 0 bridgehead atoms. The van der Waals surface area contributed by atoms with Crippen molar-refractivity contribution in [1.29, 1.82) is 0 Å². The Balaban J connectivity index is 2.00. The van der Waals surface area contributed by atoms with Gasteiger partial charge in [0.05, 0.1) is 5.02 Å². The molecule has 1 aliphatic rings. The molecule has 0 atom stereocenters. The number of thioether (sulfide) groups is 1. The highest BCUT2D eigenvalue weighted by Crippen LogP contribution is 2.30. The van der Waals surface area contributed by atoms with Gasteiger partial charge >= 0.3 is 0 Å². The summed E-state index contributed by atoms with van der Waals surface area (Å²) >= 11 is 7.99. The average Bonchev–Trinajstić information content (AvgIpc) is 2.22. The summed E-state index contributed by atoms with van der Waals surface area (Å²) < 4.78 is 5.72. The highest BCUT2D eigenvalue weighted by atomic mass is 35.5. The van der Waals surface area contributed by atoms with Crippen LogP contribution in [0.3, 0.4) is 0 Å². The van der Waals surface area contributed by atoms with Crippen molar-refractivity contribution in [2.75, 3.05) is 11.5 Å². The molecular weight excluding hydrogens is 244 g/mol. The smallest absolute Gasteiger partial charge is 0.138 e. The summed E-state index contributed by atoms with van der Waals surface area (Å²) in [6.07, 6.45) is 2.51. The van der Waals surface area contributed by atoms with E-state index in [4.69, 9.17) is 16.3 Å². The van der Waals surface area contributed by atoms with E-state index in [0.29, 0.717) is 17.5 Å². The number of carbonyl (C=O) groups is 1. The molecule has 2 rings (SSSR count). The van der Waals surface area contributed by atoms with Crippen LogP contribution in [0.2, 0.25) is 5.02 Å². The van der Waals surface area contributed by atoms with Crippen molar-refractivity contribution in [2.24, 2.45) is 0 Å². The Morgan fingerprint density at radius 2 is 2.31 bits per heavy atom. The third kappa shape index (κ3) is 2.92. The molecule has 86 valence electrons. The normalized spacial score (nSPS) is 15.6. The Morgan fingerprint density at radius 3 is 2.88 bits per heavy atom. The summed E-state index contributed by atoms with van der Waals surface area (Å²) in [5, 5.41) is 0.639. The van der Waals surface area contributed by atoms with Gasteiger partial charge < -0.3 is 9.53 Å². The van der Waals surface area contributed by atoms with Gasteiger partial charge in [-0.1, -0.05) is 17.7 Å². The van der Waals surface area contributed by atoms with Crippen molar-refractivity contribution in [1.82, 2.24) is 0 Å². The van der Waals surface area contributed by atoms with E-state index in [1.807, 2.05) is 30.0 Å². The van der Waals surface area contributed by atoms with E-state index in [2.05, 4.69) is 0 Å². The Morgan fingerprint density at radius 1 is 1.50 bits per heavy atom. The SMILES string of the molecule is O=CCCc1ccc(OC2CSC2)c(Cl)c1. The molecule has 0 saturated carbocycles. The van der Waals surface area contributed by atoms with Crippen LogP contribution in [0.25, 0.3) is 0 Å². The zero-order valence-electron chi connectivity index (χ0n) is 8.82. The lowest BCUT2D eigenvalue weighted by atomic mass is 10.1. The molecule has 2 nitrogen and oxygen atoms in total. The largest absolute Gasteiger partial charge is 0.487 e. The molecule has 0 spiro atoms. The van der Waals surface area contributed by atoms with Crippen molar-refractivity contribution in [3.8, 4) is 5.75 Å². The van der Waals surface area contributed by atoms with Crippen LogP contribution in [-0.4, -0.2) is 23.9 Å². The fraction of sp³-hybridized carbons (Fsp3) is 0.417. The summed E-state index contributed by atoms with van der Waals surface area (Å²) in [5.41, 5.74) is 1.08. The van der Waals surface area contributed by atoms with Crippen LogP contribution in [0.1, 0.15) is 12.0 Å². The number of aldehydes is 1. The van der Waals surface area contributed by atoms with E-state index in [1.165, 1.54) is 0 Å². The fourth-order valence-electron chi connectivity index (χ4n) is 1.48. The van der Waals surface area contributed by atoms with E-state index in [0.717, 1.165) is 35.5 Å². The van der Waals surface area contributed by atoms with Crippen molar-refractivity contribution in [3.63, 3.8) is 0 Å². The molecule has 0 amide bonds. The van der Waals surface area contributed by atoms with Crippen molar-refractivity contribution >= 4 is 29.6 Å². The van der Waals surface area contributed by atoms with Crippen molar-refractivity contribution in [2.45, 2.75) is 18.9 Å². The number of ether oxygens (including phenoxy) is 1. The molecule has 1 aromatic rings. The predicted molar refractivity (Wildman–Crippen MR) is 67.6 cm³/mol. The first-order chi connectivity index (χ1) is 7.79. The molecule has 0 aromatic heterocycles. The number of aryl methyl sites for hydroxylation is 1. The zero-order valence-corrected chi connectivity index (χ0v) is 10.4. The summed E-state index contributed by atoms with van der Waals surface area (Å²) in [6.45, 7) is 0. The molecule has 0 radical (unpaired) electrons. The van der Waals surface area contributed by atoms with E-state index in [9.17, 15) is 4.79 Å². The lowest BCUT2D eigenvalue weighted by Crippen LogP contribution is -2.31. The van der Waals surface area contributed by atoms with E-state index < -0.39 is 0 Å². The first-order valence-electron chi connectivity index (χ1n) is 5.26. The number of carbonyl (C=O) groups excluding carboxylic acids is 1. The van der Waals surface area contributed by atoms with Gasteiger partial charge in [-0.15, -0.1) is 0 Å². The number of halogens is 1. The van der Waals surface area contributed by atoms with Gasteiger partial charge in [-0.3, -0.25) is 0 Å². The van der Waals surface area contributed by atoms with Crippen molar-refractivity contribution < 1.29 is 9.53 Å². The summed E-state index contributed by atoms with van der Waals surface area (Å²) in [4.78, 5) is 10.3. The standard InChI is InChI=1S/C12H13ClO2S/c13-11-6-9(2-1-5-14)3-4-12(11)15-10-7-16-8-10/h3-6,10H,1-2,7-8H2. The van der Waals surface area contributed by atoms with Gasteiger partial charge in [0, 0.05) is 17.9 Å². The molecule has 1 aromatic carbocycles. The third-order valence-corrected chi connectivity index (χ3v) is 3.96. The molecule has 0 N–H and O–H groups in total. The molecule has 0 aliphatic carbocycles. The van der Waals surface area contributed by atoms with Gasteiger partial charge in [-0.2, -0.15) is 11.8 Å². The van der Waals surface area contributed by atoms with Gasteiger partial charge in [-0.25, -0.2) is 0 Å². The van der Waals surface area contributed by atoms with Gasteiger partial charge in [0.15, 0.2) is 0 Å². The van der Waals surface area contributed by atoms with Gasteiger partial charge in [0.2, 0.25) is 0 Å². The lowest BCUT2D eigenvalue weighted by Gasteiger charge is -2.26. The Kier molecular flexibility index (Phi) is 4.13. The quantitative estimate of drug-likeness (QED) is 0.758. The van der Waals surface area contributed by atoms with Gasteiger partial charge in [0.1, 0.15) is 18.1 Å². The van der Waals surface area contributed by atoms with Crippen LogP contribution < -0.4 is 4.74 Å². The van der Waals surface area contributed by atoms with Crippen LogP contribution in [0.5, 0.6) is 5.75 Å². The number of benzene rings is 1. The highest BCUT2D eigenvalue weighted by molar-refractivity contribution is 8.00. The summed E-state index contributed by atoms with van der Waals surface area (Å²) in [7, 11) is 0. The number of hydrogen-bond donors (Lipinski definition) is 0. The average molecular weight is 257 g/mol. The van der Waals surface area contributed by atoms with Gasteiger partial charge in [0.25, 0.3) is 0 Å². The lowest BCUT2D eigenvalue weighted by molar-refractivity contribution is -0.107. The minimum absolute atomic E-state index is 0.309. The fourth-order valence-corrected chi connectivity index (χ4v) is 2.29. The van der Waals surface area contributed by atoms with Crippen LogP contribution in [0, 0.1) is 0 Å². The van der Waals surface area contributed by atoms with Gasteiger partial charge in [-0.05, 0) is 24.1 Å².